The van der Waals surface area contributed by atoms with Crippen molar-refractivity contribution in [2.45, 2.75) is 190 Å². The smallest absolute Gasteiger partial charge is 0.231 e. The topological polar surface area (TPSA) is 184 Å². The van der Waals surface area contributed by atoms with Crippen LogP contribution in [0.3, 0.4) is 0 Å². The predicted octanol–water partition coefficient (Wildman–Crippen LogP) is 18.0. The Morgan fingerprint density at radius 3 is 0.982 bits per heavy atom. The lowest BCUT2D eigenvalue weighted by molar-refractivity contribution is -0.0868. The van der Waals surface area contributed by atoms with Gasteiger partial charge < -0.3 is 67.8 Å². The zero-order valence-corrected chi connectivity index (χ0v) is 74.0. The molecule has 0 saturated carbocycles. The number of likely N-dealkylation sites (N-methyl/N-ethyl adjacent to an activating group) is 4. The zero-order valence-electron chi connectivity index (χ0n) is 71.6. The number of hydrogen-bond donors (Lipinski definition) is 6. The van der Waals surface area contributed by atoms with Crippen LogP contribution in [0.5, 0.6) is 46.0 Å². The molecule has 0 aliphatic heterocycles. The van der Waals surface area contributed by atoms with E-state index < -0.39 is 42.5 Å². The molecule has 0 aromatic heterocycles. The number of anilines is 6. The third kappa shape index (κ3) is 22.2. The molecule has 0 spiro atoms. The van der Waals surface area contributed by atoms with Crippen molar-refractivity contribution in [1.29, 1.82) is 0 Å². The molecule has 6 aromatic rings. The number of rotatable bonds is 56. The van der Waals surface area contributed by atoms with Crippen molar-refractivity contribution in [2.75, 3.05) is 158 Å². The number of methoxy groups -OCH3 is 2. The summed E-state index contributed by atoms with van der Waals surface area (Å²) in [5.41, 5.74) is 4.14. The molecule has 6 atom stereocenters. The molecule has 0 amide bonds. The number of benzene rings is 6. The molecule has 0 heterocycles. The van der Waals surface area contributed by atoms with E-state index in [4.69, 9.17) is 47.4 Å². The standard InChI is InChI=1S/C86H138N12O10S3/c1-25-33-35-49-61-105-85(87-13,95(19)20)110-83(91-67-51-41-37-42-52-67,97(69-55-45-39-46-56-69)71-63-73(99-23)77(101-31-7)79(103-59-27-3)75(71)107-65(9)10)81(89-29-5,93(15)16)109-82(90-30-6,94(17)18)84(92-68-53-43-38-44-54-68,111-86(88-14,96(21)22)106-62-50-36-34-26-2)98(70-57-47-40-48-58-70)72-64-74(100-24)78(102-32-8)80(104-60-28-4)76(72)108-66(11)12/h37-48,51-58,63-66,87-92H,25-36,49-50,59-62H2,1-24H3. The largest absolute Gasteiger partial charge is 0.493 e. The first kappa shape index (κ1) is 93.4. The summed E-state index contributed by atoms with van der Waals surface area (Å²) in [5.74, 6) is 3.27. The quantitative estimate of drug-likeness (QED) is 0.0156. The molecule has 6 rings (SSSR count). The van der Waals surface area contributed by atoms with Crippen molar-refractivity contribution in [2.24, 2.45) is 0 Å². The van der Waals surface area contributed by atoms with E-state index in [1.807, 2.05) is 92.0 Å². The molecule has 25 heteroatoms. The maximum Gasteiger partial charge on any atom is 0.231 e. The summed E-state index contributed by atoms with van der Waals surface area (Å²) in [6, 6.07) is 46.0. The number of unbranched alkanes of at least 4 members (excludes halogenated alkanes) is 6. The van der Waals surface area contributed by atoms with Crippen LogP contribution in [0.15, 0.2) is 133 Å². The molecule has 111 heavy (non-hydrogen) atoms. The lowest BCUT2D eigenvalue weighted by Gasteiger charge is -2.66. The molecule has 0 bridgehead atoms. The molecule has 0 aliphatic rings. The van der Waals surface area contributed by atoms with Crippen LogP contribution in [0, 0.1) is 0 Å². The number of nitrogens with one attached hydrogen (secondary N) is 6. The van der Waals surface area contributed by atoms with Crippen LogP contribution < -0.4 is 79.6 Å². The minimum atomic E-state index is -1.77. The number of ether oxygens (including phenoxy) is 10. The highest BCUT2D eigenvalue weighted by Crippen LogP contribution is 2.66. The van der Waals surface area contributed by atoms with Gasteiger partial charge in [-0.2, -0.15) is 0 Å². The van der Waals surface area contributed by atoms with E-state index >= 15 is 0 Å². The van der Waals surface area contributed by atoms with Crippen LogP contribution in [-0.4, -0.2) is 200 Å². The number of thioether (sulfide) groups is 3. The van der Waals surface area contributed by atoms with Gasteiger partial charge in [0, 0.05) is 34.9 Å². The van der Waals surface area contributed by atoms with Crippen LogP contribution in [0.4, 0.5) is 34.1 Å². The van der Waals surface area contributed by atoms with E-state index in [9.17, 15) is 0 Å². The summed E-state index contributed by atoms with van der Waals surface area (Å²) >= 11 is 4.82. The fourth-order valence-corrected chi connectivity index (χ4v) is 19.2. The molecule has 6 N–H and O–H groups in total. The third-order valence-electron chi connectivity index (χ3n) is 18.5. The second kappa shape index (κ2) is 45.6. The van der Waals surface area contributed by atoms with Crippen molar-refractivity contribution in [1.82, 2.24) is 40.9 Å². The summed E-state index contributed by atoms with van der Waals surface area (Å²) in [6.45, 7) is 27.9. The molecule has 0 saturated heterocycles. The molecule has 0 fully saturated rings. The van der Waals surface area contributed by atoms with Gasteiger partial charge >= 0.3 is 0 Å². The first-order valence-corrected chi connectivity index (χ1v) is 42.5. The molecule has 0 aliphatic carbocycles. The van der Waals surface area contributed by atoms with E-state index in [0.29, 0.717) is 123 Å². The average molecular weight is 1600 g/mol. The van der Waals surface area contributed by atoms with Gasteiger partial charge in [-0.25, -0.2) is 0 Å². The fraction of sp³-hybridized carbons (Fsp3) is 0.581. The minimum Gasteiger partial charge on any atom is -0.493 e. The molecular weight excluding hydrogens is 1460 g/mol. The first-order chi connectivity index (χ1) is 53.4. The van der Waals surface area contributed by atoms with E-state index in [-0.39, 0.29) is 0 Å². The summed E-state index contributed by atoms with van der Waals surface area (Å²) in [6.07, 6.45) is 8.30. The van der Waals surface area contributed by atoms with Gasteiger partial charge in [0.05, 0.1) is 77.4 Å². The van der Waals surface area contributed by atoms with Gasteiger partial charge in [0.2, 0.25) is 43.3 Å². The van der Waals surface area contributed by atoms with Crippen molar-refractivity contribution in [3.05, 3.63) is 133 Å². The summed E-state index contributed by atoms with van der Waals surface area (Å²) in [5, 5.41) is 22.9. The number of para-hydroxylation sites is 4. The average Bonchev–Trinajstić information content (AvgIpc) is 0.685. The second-order valence-corrected chi connectivity index (χ2v) is 32.5. The molecule has 0 radical (unpaired) electrons. The number of hydrogen-bond acceptors (Lipinski definition) is 25. The Morgan fingerprint density at radius 2 is 0.712 bits per heavy atom. The minimum absolute atomic E-state index is 0.309. The van der Waals surface area contributed by atoms with E-state index in [1.54, 1.807) is 49.5 Å². The summed E-state index contributed by atoms with van der Waals surface area (Å²) in [7, 11) is 24.2. The van der Waals surface area contributed by atoms with Gasteiger partial charge in [-0.1, -0.05) is 165 Å². The maximum atomic E-state index is 7.78. The first-order valence-electron chi connectivity index (χ1n) is 40.1. The van der Waals surface area contributed by atoms with Crippen molar-refractivity contribution in [3.63, 3.8) is 0 Å². The molecular formula is C86H138N12O10S3. The SMILES string of the molecule is CCCCCCOC(NC)(SC(Nc1ccccc1)(N(c1ccccc1)c1cc(OC)c(OCC)c(OCCC)c1OC(C)C)C(NCC)(SC(NCC)(N(C)C)C(Nc1ccccc1)(SC(NC)(OCCCCCC)N(C)C)N(c1ccccc1)c1cc(OC)c(OCC)c(OCCC)c1OC(C)C)N(C)C)N(C)C. The van der Waals surface area contributed by atoms with Gasteiger partial charge in [0.1, 0.15) is 0 Å². The summed E-state index contributed by atoms with van der Waals surface area (Å²) < 4.78 is 71.6. The normalized spacial score (nSPS) is 15.1. The van der Waals surface area contributed by atoms with Crippen molar-refractivity contribution < 1.29 is 47.4 Å². The Bertz CT molecular complexity index is 3390. The highest BCUT2D eigenvalue weighted by Gasteiger charge is 2.72. The van der Waals surface area contributed by atoms with E-state index in [0.717, 1.165) is 74.1 Å². The monoisotopic (exact) mass is 1590 g/mol. The Balaban J connectivity index is 2.20. The second-order valence-electron chi connectivity index (χ2n) is 28.4. The predicted molar refractivity (Wildman–Crippen MR) is 468 cm³/mol. The van der Waals surface area contributed by atoms with E-state index in [1.165, 1.54) is 0 Å². The van der Waals surface area contributed by atoms with Gasteiger partial charge in [0.15, 0.2) is 33.0 Å². The maximum absolute atomic E-state index is 7.78. The highest BCUT2D eigenvalue weighted by atomic mass is 32.2. The Kier molecular flexibility index (Phi) is 38.4. The van der Waals surface area contributed by atoms with Gasteiger partial charge in [-0.05, 0) is 223 Å². The van der Waals surface area contributed by atoms with Crippen molar-refractivity contribution in [3.8, 4) is 46.0 Å². The van der Waals surface area contributed by atoms with Gasteiger partial charge in [-0.15, -0.1) is 0 Å². The number of nitrogens with zero attached hydrogens (tertiary/aromatic N) is 6. The van der Waals surface area contributed by atoms with Crippen LogP contribution in [0.2, 0.25) is 0 Å². The Morgan fingerprint density at radius 1 is 0.369 bits per heavy atom. The molecule has 620 valence electrons. The zero-order chi connectivity index (χ0) is 81.4. The van der Waals surface area contributed by atoms with E-state index in [2.05, 4.69) is 256 Å². The molecule has 6 aromatic carbocycles. The van der Waals surface area contributed by atoms with Crippen LogP contribution >= 0.6 is 35.3 Å². The Labute approximate surface area is 680 Å². The third-order valence-corrected chi connectivity index (χ3v) is 24.6. The lowest BCUT2D eigenvalue weighted by Crippen LogP contribution is -2.83. The van der Waals surface area contributed by atoms with Crippen molar-refractivity contribution >= 4 is 69.4 Å². The highest BCUT2D eigenvalue weighted by molar-refractivity contribution is 8.08. The molecule has 22 nitrogen and oxygen atoms in total. The molecule has 6 unspecified atom stereocenters. The fourth-order valence-electron chi connectivity index (χ4n) is 13.5. The summed E-state index contributed by atoms with van der Waals surface area (Å²) in [4.78, 5) is 6.82. The van der Waals surface area contributed by atoms with Crippen LogP contribution in [0.1, 0.15) is 147 Å². The van der Waals surface area contributed by atoms with Gasteiger partial charge in [-0.3, -0.25) is 40.9 Å². The van der Waals surface area contributed by atoms with Crippen LogP contribution in [0.25, 0.3) is 0 Å². The van der Waals surface area contributed by atoms with Gasteiger partial charge in [0.25, 0.3) is 0 Å². The van der Waals surface area contributed by atoms with Crippen LogP contribution in [-0.2, 0) is 9.47 Å². The lowest BCUT2D eigenvalue weighted by atomic mass is 10.1. The Hall–Kier alpha value is -6.43.